The molecule has 6 heteroatoms. The van der Waals surface area contributed by atoms with Crippen molar-refractivity contribution in [1.82, 2.24) is 9.80 Å². The third-order valence-corrected chi connectivity index (χ3v) is 7.76. The molecule has 0 spiro atoms. The van der Waals surface area contributed by atoms with Crippen molar-refractivity contribution in [1.29, 1.82) is 0 Å². The number of benzene rings is 2. The zero-order chi connectivity index (χ0) is 22.3. The molecule has 0 aromatic heterocycles. The average molecular weight is 443 g/mol. The molecule has 0 radical (unpaired) electrons. The molecule has 0 amide bonds. The highest BCUT2D eigenvalue weighted by molar-refractivity contribution is 7.90. The fourth-order valence-corrected chi connectivity index (χ4v) is 5.18. The Kier molecular flexibility index (Phi) is 6.16. The van der Waals surface area contributed by atoms with Crippen LogP contribution in [0, 0.1) is 6.92 Å². The van der Waals surface area contributed by atoms with Crippen molar-refractivity contribution in [3.63, 3.8) is 0 Å². The second-order valence-corrected chi connectivity index (χ2v) is 11.5. The summed E-state index contributed by atoms with van der Waals surface area (Å²) in [5.74, 6) is 1.41. The van der Waals surface area contributed by atoms with Crippen LogP contribution in [0.3, 0.4) is 0 Å². The molecule has 0 aliphatic heterocycles. The van der Waals surface area contributed by atoms with Crippen LogP contribution in [0.25, 0.3) is 0 Å². The van der Waals surface area contributed by atoms with Gasteiger partial charge in [0.2, 0.25) is 0 Å². The second-order valence-electron chi connectivity index (χ2n) is 9.52. The Morgan fingerprint density at radius 1 is 1.03 bits per heavy atom. The number of likely N-dealkylation sites (N-methyl/N-ethyl adjacent to an activating group) is 2. The minimum absolute atomic E-state index is 0.0661. The summed E-state index contributed by atoms with van der Waals surface area (Å²) in [5, 5.41) is 0. The molecule has 31 heavy (non-hydrogen) atoms. The summed E-state index contributed by atoms with van der Waals surface area (Å²) < 4.78 is 30.2. The smallest absolute Gasteiger partial charge is 0.175 e. The summed E-state index contributed by atoms with van der Waals surface area (Å²) in [6, 6.07) is 11.8. The number of sulfone groups is 1. The predicted molar refractivity (Wildman–Crippen MR) is 125 cm³/mol. The third kappa shape index (κ3) is 4.97. The van der Waals surface area contributed by atoms with Gasteiger partial charge in [-0.3, -0.25) is 4.90 Å². The first kappa shape index (κ1) is 22.3. The number of ether oxygens (including phenoxy) is 1. The first-order valence-electron chi connectivity index (χ1n) is 11.1. The van der Waals surface area contributed by atoms with Crippen LogP contribution in [0.2, 0.25) is 0 Å². The van der Waals surface area contributed by atoms with E-state index in [1.807, 2.05) is 0 Å². The van der Waals surface area contributed by atoms with Gasteiger partial charge in [-0.2, -0.15) is 0 Å². The molecular formula is C25H34N2O3S. The SMILES string of the molecule is Cc1cc(C2CC2)cc2c1C[C@H](N(C)CCN(C)C)[C@H]2Oc1ccc(S(C)(=O)=O)cc1. The number of hydrogen-bond donors (Lipinski definition) is 0. The van der Waals surface area contributed by atoms with Crippen LogP contribution in [0.4, 0.5) is 0 Å². The Balaban J connectivity index is 1.65. The molecule has 2 aromatic rings. The van der Waals surface area contributed by atoms with Gasteiger partial charge in [0.25, 0.3) is 0 Å². The highest BCUT2D eigenvalue weighted by Crippen LogP contribution is 2.45. The molecule has 1 fully saturated rings. The van der Waals surface area contributed by atoms with E-state index in [0.29, 0.717) is 16.6 Å². The summed E-state index contributed by atoms with van der Waals surface area (Å²) in [4.78, 5) is 4.93. The largest absolute Gasteiger partial charge is 0.484 e. The van der Waals surface area contributed by atoms with Gasteiger partial charge in [0.15, 0.2) is 9.84 Å². The fraction of sp³-hybridized carbons (Fsp3) is 0.520. The van der Waals surface area contributed by atoms with E-state index >= 15 is 0 Å². The van der Waals surface area contributed by atoms with Crippen molar-refractivity contribution >= 4 is 9.84 Å². The van der Waals surface area contributed by atoms with Crippen LogP contribution in [0.15, 0.2) is 41.3 Å². The first-order valence-corrected chi connectivity index (χ1v) is 13.0. The minimum Gasteiger partial charge on any atom is -0.484 e. The lowest BCUT2D eigenvalue weighted by molar-refractivity contribution is 0.0907. The van der Waals surface area contributed by atoms with Gasteiger partial charge in [0.05, 0.1) is 10.9 Å². The topological polar surface area (TPSA) is 49.9 Å². The molecule has 0 N–H and O–H groups in total. The van der Waals surface area contributed by atoms with Crippen molar-refractivity contribution in [3.05, 3.63) is 58.7 Å². The average Bonchev–Trinajstić information content (AvgIpc) is 3.49. The second kappa shape index (κ2) is 8.57. The summed E-state index contributed by atoms with van der Waals surface area (Å²) >= 11 is 0. The van der Waals surface area contributed by atoms with Gasteiger partial charge in [-0.1, -0.05) is 12.1 Å². The number of nitrogens with zero attached hydrogens (tertiary/aromatic N) is 2. The molecule has 2 aliphatic rings. The maximum absolute atomic E-state index is 11.8. The van der Waals surface area contributed by atoms with Gasteiger partial charge in [-0.25, -0.2) is 8.42 Å². The van der Waals surface area contributed by atoms with Crippen molar-refractivity contribution in [2.24, 2.45) is 0 Å². The Morgan fingerprint density at radius 3 is 2.29 bits per heavy atom. The van der Waals surface area contributed by atoms with Crippen LogP contribution < -0.4 is 4.74 Å². The van der Waals surface area contributed by atoms with E-state index < -0.39 is 9.84 Å². The third-order valence-electron chi connectivity index (χ3n) is 6.63. The van der Waals surface area contributed by atoms with Crippen LogP contribution in [0.1, 0.15) is 47.1 Å². The number of rotatable bonds is 8. The summed E-state index contributed by atoms with van der Waals surface area (Å²) in [5.41, 5.74) is 5.51. The van der Waals surface area contributed by atoms with E-state index in [-0.39, 0.29) is 12.1 Å². The fourth-order valence-electron chi connectivity index (χ4n) is 4.55. The maximum Gasteiger partial charge on any atom is 0.175 e. The first-order chi connectivity index (χ1) is 14.6. The normalized spacial score (nSPS) is 21.0. The molecule has 5 nitrogen and oxygen atoms in total. The lowest BCUT2D eigenvalue weighted by Gasteiger charge is -2.31. The molecule has 2 aliphatic carbocycles. The lowest BCUT2D eigenvalue weighted by atomic mass is 9.98. The highest BCUT2D eigenvalue weighted by atomic mass is 32.2. The van der Waals surface area contributed by atoms with Crippen LogP contribution in [0.5, 0.6) is 5.75 Å². The van der Waals surface area contributed by atoms with Crippen molar-refractivity contribution in [2.45, 2.75) is 49.1 Å². The Labute approximate surface area is 186 Å². The quantitative estimate of drug-likeness (QED) is 0.622. The molecule has 1 saturated carbocycles. The molecule has 4 rings (SSSR count). The standard InChI is InChI=1S/C25H34N2O3S/c1-17-14-19(18-6-7-18)15-23-22(17)16-24(27(4)13-12-26(2)3)25(23)30-20-8-10-21(11-9-20)31(5,28)29/h8-11,14-15,18,24-25H,6-7,12-13,16H2,1-5H3/t24-,25-/m0/s1. The zero-order valence-corrected chi connectivity index (χ0v) is 20.1. The van der Waals surface area contributed by atoms with Gasteiger partial charge in [-0.05, 0) is 99.8 Å². The van der Waals surface area contributed by atoms with E-state index in [4.69, 9.17) is 4.74 Å². The van der Waals surface area contributed by atoms with Crippen molar-refractivity contribution < 1.29 is 13.2 Å². The van der Waals surface area contributed by atoms with Gasteiger partial charge in [0, 0.05) is 19.3 Å². The molecule has 168 valence electrons. The van der Waals surface area contributed by atoms with Crippen molar-refractivity contribution in [2.75, 3.05) is 40.5 Å². The molecule has 2 atom stereocenters. The molecule has 0 saturated heterocycles. The van der Waals surface area contributed by atoms with E-state index in [9.17, 15) is 8.42 Å². The van der Waals surface area contributed by atoms with E-state index in [1.54, 1.807) is 24.3 Å². The number of aryl methyl sites for hydroxylation is 1. The predicted octanol–water partition coefficient (Wildman–Crippen LogP) is 3.81. The monoisotopic (exact) mass is 442 g/mol. The van der Waals surface area contributed by atoms with E-state index in [1.165, 1.54) is 41.4 Å². The lowest BCUT2D eigenvalue weighted by Crippen LogP contribution is -2.40. The molecule has 0 bridgehead atoms. The Bertz CT molecular complexity index is 1040. The number of fused-ring (bicyclic) bond motifs is 1. The summed E-state index contributed by atoms with van der Waals surface area (Å²) in [7, 11) is 3.16. The van der Waals surface area contributed by atoms with Gasteiger partial charge >= 0.3 is 0 Å². The van der Waals surface area contributed by atoms with E-state index in [0.717, 1.165) is 19.5 Å². The van der Waals surface area contributed by atoms with Crippen molar-refractivity contribution in [3.8, 4) is 5.75 Å². The minimum atomic E-state index is -3.22. The molecule has 0 heterocycles. The van der Waals surface area contributed by atoms with Gasteiger partial charge in [0.1, 0.15) is 11.9 Å². The Hall–Kier alpha value is -1.89. The molecular weight excluding hydrogens is 408 g/mol. The van der Waals surface area contributed by atoms with Gasteiger partial charge in [-0.15, -0.1) is 0 Å². The molecule has 0 unspecified atom stereocenters. The van der Waals surface area contributed by atoms with Crippen LogP contribution in [-0.2, 0) is 16.3 Å². The van der Waals surface area contributed by atoms with Gasteiger partial charge < -0.3 is 9.64 Å². The maximum atomic E-state index is 11.8. The van der Waals surface area contributed by atoms with Crippen LogP contribution in [-0.4, -0.2) is 64.7 Å². The Morgan fingerprint density at radius 2 is 1.71 bits per heavy atom. The highest BCUT2D eigenvalue weighted by Gasteiger charge is 2.39. The molecule has 2 aromatic carbocycles. The van der Waals surface area contributed by atoms with E-state index in [2.05, 4.69) is 50.0 Å². The zero-order valence-electron chi connectivity index (χ0n) is 19.3. The van der Waals surface area contributed by atoms with Crippen LogP contribution >= 0.6 is 0 Å². The summed E-state index contributed by atoms with van der Waals surface area (Å²) in [6.07, 6.45) is 4.70. The number of hydrogen-bond acceptors (Lipinski definition) is 5. The summed E-state index contributed by atoms with van der Waals surface area (Å²) in [6.45, 7) is 4.18.